The molecule has 0 amide bonds. The molecule has 6 heteroatoms. The van der Waals surface area contributed by atoms with E-state index in [2.05, 4.69) is 20.9 Å². The van der Waals surface area contributed by atoms with E-state index in [4.69, 9.17) is 0 Å². The molecule has 0 fully saturated rings. The summed E-state index contributed by atoms with van der Waals surface area (Å²) in [5, 5.41) is 0. The van der Waals surface area contributed by atoms with Gasteiger partial charge in [0.05, 0.1) is 0 Å². The SMILES string of the molecule is CN(CCc1ccncc1)CC(Br)C(F)(F)F. The molecule has 0 saturated carbocycles. The van der Waals surface area contributed by atoms with Gasteiger partial charge in [0.25, 0.3) is 0 Å². The van der Waals surface area contributed by atoms with Crippen molar-refractivity contribution < 1.29 is 13.2 Å². The number of pyridine rings is 1. The summed E-state index contributed by atoms with van der Waals surface area (Å²) >= 11 is 2.65. The maximum atomic E-state index is 12.3. The minimum atomic E-state index is -4.19. The summed E-state index contributed by atoms with van der Waals surface area (Å²) in [5.74, 6) is 0. The normalized spacial score (nSPS) is 14.0. The number of nitrogens with zero attached hydrogens (tertiary/aromatic N) is 2. The van der Waals surface area contributed by atoms with Crippen LogP contribution in [-0.4, -0.2) is 41.0 Å². The van der Waals surface area contributed by atoms with Gasteiger partial charge in [0.1, 0.15) is 4.83 Å². The Hall–Kier alpha value is -0.620. The quantitative estimate of drug-likeness (QED) is 0.777. The molecule has 0 bridgehead atoms. The third-order valence-electron chi connectivity index (χ3n) is 2.36. The predicted molar refractivity (Wildman–Crippen MR) is 64.2 cm³/mol. The van der Waals surface area contributed by atoms with Gasteiger partial charge in [0.2, 0.25) is 0 Å². The van der Waals surface area contributed by atoms with Crippen LogP contribution in [0.3, 0.4) is 0 Å². The molecule has 0 aromatic carbocycles. The first-order chi connectivity index (χ1) is 7.89. The van der Waals surface area contributed by atoms with Crippen LogP contribution in [0.2, 0.25) is 0 Å². The summed E-state index contributed by atoms with van der Waals surface area (Å²) in [6, 6.07) is 3.73. The molecule has 0 spiro atoms. The summed E-state index contributed by atoms with van der Waals surface area (Å²) in [7, 11) is 1.68. The van der Waals surface area contributed by atoms with E-state index in [1.165, 1.54) is 0 Å². The van der Waals surface area contributed by atoms with E-state index in [0.717, 1.165) is 12.0 Å². The Kier molecular flexibility index (Phi) is 5.39. The fraction of sp³-hybridized carbons (Fsp3) is 0.545. The van der Waals surface area contributed by atoms with Gasteiger partial charge in [-0.3, -0.25) is 4.98 Å². The van der Waals surface area contributed by atoms with Crippen LogP contribution in [0, 0.1) is 0 Å². The molecular formula is C11H14BrF3N2. The Morgan fingerprint density at radius 1 is 1.35 bits per heavy atom. The highest BCUT2D eigenvalue weighted by atomic mass is 79.9. The fourth-order valence-electron chi connectivity index (χ4n) is 1.34. The molecule has 1 rings (SSSR count). The molecule has 1 heterocycles. The Morgan fingerprint density at radius 2 is 1.94 bits per heavy atom. The van der Waals surface area contributed by atoms with Crippen molar-refractivity contribution >= 4 is 15.9 Å². The zero-order valence-corrected chi connectivity index (χ0v) is 11.0. The molecule has 1 aromatic heterocycles. The molecule has 0 aliphatic rings. The predicted octanol–water partition coefficient (Wildman–Crippen LogP) is 2.88. The van der Waals surface area contributed by atoms with E-state index in [1.54, 1.807) is 24.3 Å². The smallest absolute Gasteiger partial charge is 0.305 e. The van der Waals surface area contributed by atoms with E-state index in [0.29, 0.717) is 6.54 Å². The Labute approximate surface area is 107 Å². The molecule has 17 heavy (non-hydrogen) atoms. The van der Waals surface area contributed by atoms with Crippen molar-refractivity contribution in [3.63, 3.8) is 0 Å². The van der Waals surface area contributed by atoms with Crippen LogP contribution in [-0.2, 0) is 6.42 Å². The summed E-state index contributed by atoms with van der Waals surface area (Å²) in [5.41, 5.74) is 1.07. The van der Waals surface area contributed by atoms with Crippen molar-refractivity contribution in [3.8, 4) is 0 Å². The van der Waals surface area contributed by atoms with Gasteiger partial charge in [-0.05, 0) is 31.2 Å². The van der Waals surface area contributed by atoms with Crippen molar-refractivity contribution in [2.75, 3.05) is 20.1 Å². The molecule has 0 aliphatic heterocycles. The van der Waals surface area contributed by atoms with Crippen molar-refractivity contribution in [2.45, 2.75) is 17.4 Å². The summed E-state index contributed by atoms with van der Waals surface area (Å²) in [6.07, 6.45) is -0.113. The zero-order valence-electron chi connectivity index (χ0n) is 9.41. The first-order valence-corrected chi connectivity index (χ1v) is 6.09. The molecular weight excluding hydrogens is 297 g/mol. The average Bonchev–Trinajstić information content (AvgIpc) is 2.26. The van der Waals surface area contributed by atoms with Crippen LogP contribution in [0.25, 0.3) is 0 Å². The molecule has 0 N–H and O–H groups in total. The Balaban J connectivity index is 2.33. The second-order valence-electron chi connectivity index (χ2n) is 3.88. The molecule has 2 nitrogen and oxygen atoms in total. The van der Waals surface area contributed by atoms with Gasteiger partial charge < -0.3 is 4.90 Å². The minimum Gasteiger partial charge on any atom is -0.305 e. The van der Waals surface area contributed by atoms with Gasteiger partial charge in [-0.1, -0.05) is 15.9 Å². The first-order valence-electron chi connectivity index (χ1n) is 5.18. The topological polar surface area (TPSA) is 16.1 Å². The molecule has 96 valence electrons. The maximum absolute atomic E-state index is 12.3. The number of rotatable bonds is 5. The fourth-order valence-corrected chi connectivity index (χ4v) is 1.83. The molecule has 1 unspecified atom stereocenters. The number of halogens is 4. The number of likely N-dealkylation sites (N-methyl/N-ethyl adjacent to an activating group) is 1. The summed E-state index contributed by atoms with van der Waals surface area (Å²) < 4.78 is 36.9. The third kappa shape index (κ3) is 5.50. The van der Waals surface area contributed by atoms with E-state index in [-0.39, 0.29) is 6.54 Å². The highest BCUT2D eigenvalue weighted by Gasteiger charge is 2.37. The third-order valence-corrected chi connectivity index (χ3v) is 3.17. The lowest BCUT2D eigenvalue weighted by Gasteiger charge is -2.21. The van der Waals surface area contributed by atoms with Crippen molar-refractivity contribution in [3.05, 3.63) is 30.1 Å². The van der Waals surface area contributed by atoms with Gasteiger partial charge in [-0.15, -0.1) is 0 Å². The first kappa shape index (κ1) is 14.4. The van der Waals surface area contributed by atoms with Crippen LogP contribution >= 0.6 is 15.9 Å². The van der Waals surface area contributed by atoms with Gasteiger partial charge in [-0.2, -0.15) is 13.2 Å². The Morgan fingerprint density at radius 3 is 2.47 bits per heavy atom. The van der Waals surface area contributed by atoms with E-state index >= 15 is 0 Å². The molecule has 1 aromatic rings. The lowest BCUT2D eigenvalue weighted by Crippen LogP contribution is -2.36. The standard InChI is InChI=1S/C11H14BrF3N2/c1-17(8-10(12)11(13,14)15)7-4-9-2-5-16-6-3-9/h2-3,5-6,10H,4,7-8H2,1H3. The van der Waals surface area contributed by atoms with Crippen LogP contribution in [0.15, 0.2) is 24.5 Å². The zero-order chi connectivity index (χ0) is 12.9. The van der Waals surface area contributed by atoms with E-state index in [1.807, 2.05) is 12.1 Å². The second-order valence-corrected chi connectivity index (χ2v) is 4.98. The highest BCUT2D eigenvalue weighted by molar-refractivity contribution is 9.09. The number of hydrogen-bond acceptors (Lipinski definition) is 2. The summed E-state index contributed by atoms with van der Waals surface area (Å²) in [4.78, 5) is 4.07. The minimum absolute atomic E-state index is 0.0470. The van der Waals surface area contributed by atoms with Gasteiger partial charge >= 0.3 is 6.18 Å². The van der Waals surface area contributed by atoms with Gasteiger partial charge in [0.15, 0.2) is 0 Å². The monoisotopic (exact) mass is 310 g/mol. The largest absolute Gasteiger partial charge is 0.402 e. The van der Waals surface area contributed by atoms with Crippen molar-refractivity contribution in [2.24, 2.45) is 0 Å². The van der Waals surface area contributed by atoms with Crippen LogP contribution in [0.4, 0.5) is 13.2 Å². The van der Waals surface area contributed by atoms with E-state index < -0.39 is 11.0 Å². The lowest BCUT2D eigenvalue weighted by atomic mass is 10.2. The Bertz CT molecular complexity index is 329. The number of aromatic nitrogens is 1. The van der Waals surface area contributed by atoms with Crippen LogP contribution < -0.4 is 0 Å². The second kappa shape index (κ2) is 6.35. The number of alkyl halides is 4. The molecule has 0 radical (unpaired) electrons. The highest BCUT2D eigenvalue weighted by Crippen LogP contribution is 2.26. The van der Waals surface area contributed by atoms with E-state index in [9.17, 15) is 13.2 Å². The van der Waals surface area contributed by atoms with Gasteiger partial charge in [-0.25, -0.2) is 0 Å². The molecule has 0 aliphatic carbocycles. The lowest BCUT2D eigenvalue weighted by molar-refractivity contribution is -0.129. The number of hydrogen-bond donors (Lipinski definition) is 0. The summed E-state index contributed by atoms with van der Waals surface area (Å²) in [6.45, 7) is 0.538. The molecule has 1 atom stereocenters. The van der Waals surface area contributed by atoms with Gasteiger partial charge in [0, 0.05) is 25.5 Å². The van der Waals surface area contributed by atoms with Crippen LogP contribution in [0.1, 0.15) is 5.56 Å². The maximum Gasteiger partial charge on any atom is 0.402 e. The van der Waals surface area contributed by atoms with Crippen molar-refractivity contribution in [1.82, 2.24) is 9.88 Å². The molecule has 0 saturated heterocycles. The average molecular weight is 311 g/mol. The van der Waals surface area contributed by atoms with Crippen molar-refractivity contribution in [1.29, 1.82) is 0 Å². The van der Waals surface area contributed by atoms with Crippen LogP contribution in [0.5, 0.6) is 0 Å².